The van der Waals surface area contributed by atoms with E-state index in [9.17, 15) is 9.59 Å². The number of methoxy groups -OCH3 is 4. The van der Waals surface area contributed by atoms with Gasteiger partial charge in [0.15, 0.2) is 23.1 Å². The summed E-state index contributed by atoms with van der Waals surface area (Å²) in [6.07, 6.45) is 7.38. The molecular formula is C20H22Cl2O6. The molecule has 0 saturated heterocycles. The quantitative estimate of drug-likeness (QED) is 0.387. The third-order valence-electron chi connectivity index (χ3n) is 7.94. The van der Waals surface area contributed by atoms with Gasteiger partial charge in [0.1, 0.15) is 9.75 Å². The van der Waals surface area contributed by atoms with Gasteiger partial charge in [-0.3, -0.25) is 9.59 Å². The van der Waals surface area contributed by atoms with E-state index in [1.54, 1.807) is 0 Å². The Morgan fingerprint density at radius 2 is 1.00 bits per heavy atom. The topological polar surface area (TPSA) is 71.1 Å². The molecule has 0 aromatic heterocycles. The van der Waals surface area contributed by atoms with E-state index in [0.29, 0.717) is 0 Å². The molecule has 0 aliphatic heterocycles. The van der Waals surface area contributed by atoms with E-state index in [4.69, 9.17) is 42.1 Å². The Bertz CT molecular complexity index is 763. The number of carbonyl (C=O) groups is 2. The number of halogens is 2. The summed E-state index contributed by atoms with van der Waals surface area (Å²) in [6.45, 7) is 0. The zero-order valence-electron chi connectivity index (χ0n) is 16.0. The predicted octanol–water partition coefficient (Wildman–Crippen LogP) is 1.94. The molecule has 0 N–H and O–H groups in total. The van der Waals surface area contributed by atoms with E-state index < -0.39 is 56.8 Å². The highest BCUT2D eigenvalue weighted by atomic mass is 35.5. The van der Waals surface area contributed by atoms with E-state index in [2.05, 4.69) is 0 Å². The predicted molar refractivity (Wildman–Crippen MR) is 99.9 cm³/mol. The summed E-state index contributed by atoms with van der Waals surface area (Å²) in [7, 11) is 6.03. The van der Waals surface area contributed by atoms with Crippen molar-refractivity contribution >= 4 is 34.8 Å². The van der Waals surface area contributed by atoms with Gasteiger partial charge >= 0.3 is 0 Å². The Morgan fingerprint density at radius 3 is 1.29 bits per heavy atom. The van der Waals surface area contributed by atoms with Crippen LogP contribution in [-0.2, 0) is 28.5 Å². The van der Waals surface area contributed by atoms with Crippen molar-refractivity contribution in [2.24, 2.45) is 35.5 Å². The van der Waals surface area contributed by atoms with Crippen molar-refractivity contribution in [3.8, 4) is 0 Å². The fourth-order valence-corrected chi connectivity index (χ4v) is 8.05. The van der Waals surface area contributed by atoms with Gasteiger partial charge in [-0.25, -0.2) is 0 Å². The zero-order valence-corrected chi connectivity index (χ0v) is 17.5. The fraction of sp³-hybridized carbons (Fsp3) is 0.700. The maximum Gasteiger partial charge on any atom is 0.183 e. The van der Waals surface area contributed by atoms with Gasteiger partial charge in [0.25, 0.3) is 0 Å². The Labute approximate surface area is 173 Å². The molecule has 0 aromatic carbocycles. The molecule has 5 aliphatic carbocycles. The highest BCUT2D eigenvalue weighted by Crippen LogP contribution is 2.72. The number of hydrogen-bond donors (Lipinski definition) is 0. The summed E-state index contributed by atoms with van der Waals surface area (Å²) in [4.78, 5) is 24.9. The second-order valence-electron chi connectivity index (χ2n) is 8.26. The summed E-state index contributed by atoms with van der Waals surface area (Å²) < 4.78 is 22.9. The number of fused-ring (bicyclic) bond motifs is 10. The van der Waals surface area contributed by atoms with Gasteiger partial charge in [0.05, 0.1) is 23.7 Å². The van der Waals surface area contributed by atoms with Gasteiger partial charge in [-0.05, 0) is 0 Å². The second kappa shape index (κ2) is 5.48. The van der Waals surface area contributed by atoms with Crippen LogP contribution in [-0.4, -0.2) is 61.3 Å². The molecule has 4 bridgehead atoms. The summed E-state index contributed by atoms with van der Waals surface area (Å²) in [5, 5.41) is 0. The Balaban J connectivity index is 1.72. The van der Waals surface area contributed by atoms with Crippen LogP contribution < -0.4 is 0 Å². The maximum atomic E-state index is 13.9. The lowest BCUT2D eigenvalue weighted by atomic mass is 9.59. The standard InChI is InChI=1S/C20H22Cl2O6/c1-25-19(26-2)9-5-7-11(19)17(21)13(9)15(23)18(22)12-8-6-10(14(18)16(17)24)20(12,27-3)28-4/h5-14H,1-4H3/t9-,10-,11+,12+,13-,14-,17+,18+/m1/s1. The van der Waals surface area contributed by atoms with Gasteiger partial charge in [0.2, 0.25) is 0 Å². The molecular weight excluding hydrogens is 407 g/mol. The van der Waals surface area contributed by atoms with E-state index in [0.717, 1.165) is 0 Å². The lowest BCUT2D eigenvalue weighted by molar-refractivity contribution is -0.236. The molecule has 6 nitrogen and oxygen atoms in total. The van der Waals surface area contributed by atoms with Crippen molar-refractivity contribution in [2.75, 3.05) is 28.4 Å². The van der Waals surface area contributed by atoms with Gasteiger partial charge in [0, 0.05) is 40.3 Å². The van der Waals surface area contributed by atoms with Crippen molar-refractivity contribution < 1.29 is 28.5 Å². The molecule has 3 fully saturated rings. The molecule has 0 amide bonds. The molecule has 0 aromatic rings. The highest BCUT2D eigenvalue weighted by molar-refractivity contribution is 6.46. The number of alkyl halides is 2. The minimum Gasteiger partial charge on any atom is -0.352 e. The van der Waals surface area contributed by atoms with Crippen molar-refractivity contribution in [3.63, 3.8) is 0 Å². The Morgan fingerprint density at radius 1 is 0.679 bits per heavy atom. The van der Waals surface area contributed by atoms with Crippen molar-refractivity contribution in [2.45, 2.75) is 21.3 Å². The van der Waals surface area contributed by atoms with E-state index in [-0.39, 0.29) is 11.6 Å². The lowest BCUT2D eigenvalue weighted by Crippen LogP contribution is -2.65. The molecule has 0 radical (unpaired) electrons. The van der Waals surface area contributed by atoms with E-state index in [1.807, 2.05) is 24.3 Å². The number of hydrogen-bond acceptors (Lipinski definition) is 6. The Hall–Kier alpha value is -0.760. The average molecular weight is 429 g/mol. The first-order valence-corrected chi connectivity index (χ1v) is 10.0. The van der Waals surface area contributed by atoms with Crippen molar-refractivity contribution in [1.82, 2.24) is 0 Å². The van der Waals surface area contributed by atoms with E-state index >= 15 is 0 Å². The molecule has 5 rings (SSSR count). The minimum absolute atomic E-state index is 0.264. The largest absolute Gasteiger partial charge is 0.352 e. The van der Waals surface area contributed by atoms with Crippen LogP contribution >= 0.6 is 23.2 Å². The number of rotatable bonds is 4. The zero-order chi connectivity index (χ0) is 20.3. The fourth-order valence-electron chi connectivity index (χ4n) is 6.89. The minimum atomic E-state index is -1.48. The third-order valence-corrected chi connectivity index (χ3v) is 9.26. The van der Waals surface area contributed by atoms with Gasteiger partial charge in [-0.1, -0.05) is 24.3 Å². The van der Waals surface area contributed by atoms with Gasteiger partial charge < -0.3 is 18.9 Å². The second-order valence-corrected chi connectivity index (χ2v) is 9.51. The summed E-state index contributed by atoms with van der Waals surface area (Å²) in [5.74, 6) is -6.71. The first-order chi connectivity index (χ1) is 13.3. The van der Waals surface area contributed by atoms with Crippen LogP contribution in [0, 0.1) is 35.5 Å². The van der Waals surface area contributed by atoms with Crippen LogP contribution in [0.25, 0.3) is 0 Å². The van der Waals surface area contributed by atoms with Crippen LogP contribution in [0.5, 0.6) is 0 Å². The SMILES string of the molecule is COC1(OC)[C@@H]2C=C[C@H]1[C@@]1(Cl)C(=O)[C@H]3[C@H]4C=C[C@H](C4(OC)OC)[C@@]3(Cl)C(=O)[C@@H]21. The number of carbonyl (C=O) groups excluding carboxylic acids is 2. The van der Waals surface area contributed by atoms with Gasteiger partial charge in [-0.15, -0.1) is 23.2 Å². The number of ether oxygens (including phenoxy) is 4. The van der Waals surface area contributed by atoms with Crippen LogP contribution in [0.15, 0.2) is 24.3 Å². The summed E-state index contributed by atoms with van der Waals surface area (Å²) in [6, 6.07) is 0. The normalized spacial score (nSPS) is 51.1. The van der Waals surface area contributed by atoms with Crippen LogP contribution in [0.3, 0.4) is 0 Å². The molecule has 5 aliphatic rings. The third kappa shape index (κ3) is 1.57. The monoisotopic (exact) mass is 428 g/mol. The molecule has 28 heavy (non-hydrogen) atoms. The highest BCUT2D eigenvalue weighted by Gasteiger charge is 2.85. The summed E-state index contributed by atoms with van der Waals surface area (Å²) >= 11 is 14.1. The smallest absolute Gasteiger partial charge is 0.183 e. The van der Waals surface area contributed by atoms with Crippen LogP contribution in [0.1, 0.15) is 0 Å². The van der Waals surface area contributed by atoms with Crippen molar-refractivity contribution in [3.05, 3.63) is 24.3 Å². The molecule has 0 spiro atoms. The molecule has 8 heteroatoms. The van der Waals surface area contributed by atoms with E-state index in [1.165, 1.54) is 28.4 Å². The van der Waals surface area contributed by atoms with Crippen molar-refractivity contribution in [1.29, 1.82) is 0 Å². The lowest BCUT2D eigenvalue weighted by Gasteiger charge is -2.48. The molecule has 0 heterocycles. The molecule has 3 saturated carbocycles. The maximum absolute atomic E-state index is 13.9. The number of ketones is 2. The average Bonchev–Trinajstić information content (AvgIpc) is 3.37. The molecule has 0 unspecified atom stereocenters. The molecule has 152 valence electrons. The number of Topliss-reactive ketones (excluding diaryl/α,β-unsaturated/α-hetero) is 2. The Kier molecular flexibility index (Phi) is 3.76. The van der Waals surface area contributed by atoms with Gasteiger partial charge in [-0.2, -0.15) is 0 Å². The van der Waals surface area contributed by atoms with Crippen LogP contribution in [0.4, 0.5) is 0 Å². The molecule has 8 atom stereocenters. The first-order valence-electron chi connectivity index (χ1n) is 9.29. The van der Waals surface area contributed by atoms with Crippen LogP contribution in [0.2, 0.25) is 0 Å². The first kappa shape index (κ1) is 19.2. The summed E-state index contributed by atoms with van der Waals surface area (Å²) in [5.41, 5.74) is 0.